The monoisotopic (exact) mass is 447 g/mol. The van der Waals surface area contributed by atoms with Crippen molar-refractivity contribution in [3.8, 4) is 0 Å². The minimum Gasteiger partial charge on any atom is -0.455 e. The molecular formula is C25H25N3O5. The third-order valence-electron chi connectivity index (χ3n) is 4.87. The molecule has 0 aliphatic heterocycles. The molecule has 0 aliphatic carbocycles. The van der Waals surface area contributed by atoms with Crippen LogP contribution in [0.4, 0.5) is 22.7 Å². The molecule has 0 aromatic heterocycles. The highest BCUT2D eigenvalue weighted by molar-refractivity contribution is 5.96. The summed E-state index contributed by atoms with van der Waals surface area (Å²) in [7, 11) is 0. The standard InChI is InChI=1S/C25H25N3O5/c1-18(2)27(22-14-12-21(13-15-22)26-20-9-4-3-5-10-20)24(29)17-33-25(30)16-19-8-6-7-11-23(19)28(31)32/h3-15,18,26H,16-17H2,1-2H3. The summed E-state index contributed by atoms with van der Waals surface area (Å²) in [6.07, 6.45) is -0.286. The molecule has 0 aliphatic rings. The van der Waals surface area contributed by atoms with Crippen molar-refractivity contribution in [1.82, 2.24) is 0 Å². The number of nitro groups is 1. The number of carbonyl (C=O) groups excluding carboxylic acids is 2. The highest BCUT2D eigenvalue weighted by atomic mass is 16.6. The predicted octanol–water partition coefficient (Wildman–Crippen LogP) is 4.87. The number of rotatable bonds is 9. The second-order valence-electron chi connectivity index (χ2n) is 7.62. The van der Waals surface area contributed by atoms with Gasteiger partial charge in [-0.25, -0.2) is 0 Å². The number of carbonyl (C=O) groups is 2. The van der Waals surface area contributed by atoms with Crippen molar-refractivity contribution in [2.45, 2.75) is 26.3 Å². The van der Waals surface area contributed by atoms with Crippen molar-refractivity contribution in [2.24, 2.45) is 0 Å². The number of ether oxygens (including phenoxy) is 1. The van der Waals surface area contributed by atoms with E-state index in [1.807, 2.05) is 68.4 Å². The zero-order valence-corrected chi connectivity index (χ0v) is 18.4. The Morgan fingerprint density at radius 3 is 2.18 bits per heavy atom. The summed E-state index contributed by atoms with van der Waals surface area (Å²) in [5, 5.41) is 14.4. The van der Waals surface area contributed by atoms with Crippen LogP contribution in [-0.2, 0) is 20.7 Å². The minimum absolute atomic E-state index is 0.159. The van der Waals surface area contributed by atoms with Gasteiger partial charge >= 0.3 is 5.97 Å². The van der Waals surface area contributed by atoms with E-state index in [4.69, 9.17) is 4.74 Å². The van der Waals surface area contributed by atoms with Gasteiger partial charge < -0.3 is 15.0 Å². The fourth-order valence-corrected chi connectivity index (χ4v) is 3.38. The highest BCUT2D eigenvalue weighted by Crippen LogP contribution is 2.23. The van der Waals surface area contributed by atoms with Crippen LogP contribution in [0.5, 0.6) is 0 Å². The van der Waals surface area contributed by atoms with Gasteiger partial charge in [0.15, 0.2) is 6.61 Å². The van der Waals surface area contributed by atoms with Crippen LogP contribution in [0.1, 0.15) is 19.4 Å². The van der Waals surface area contributed by atoms with Crippen molar-refractivity contribution in [3.63, 3.8) is 0 Å². The Bertz CT molecular complexity index is 1110. The molecule has 0 heterocycles. The van der Waals surface area contributed by atoms with E-state index in [2.05, 4.69) is 5.32 Å². The Balaban J connectivity index is 1.62. The summed E-state index contributed by atoms with van der Waals surface area (Å²) in [6, 6.07) is 22.9. The first-order valence-corrected chi connectivity index (χ1v) is 10.5. The number of nitrogens with one attached hydrogen (secondary N) is 1. The van der Waals surface area contributed by atoms with Crippen LogP contribution < -0.4 is 10.2 Å². The van der Waals surface area contributed by atoms with Gasteiger partial charge in [0.05, 0.1) is 11.3 Å². The Morgan fingerprint density at radius 1 is 0.939 bits per heavy atom. The van der Waals surface area contributed by atoms with Crippen molar-refractivity contribution in [3.05, 3.63) is 94.5 Å². The SMILES string of the molecule is CC(C)N(C(=O)COC(=O)Cc1ccccc1[N+](=O)[O-])c1ccc(Nc2ccccc2)cc1. The van der Waals surface area contributed by atoms with E-state index in [1.54, 1.807) is 11.0 Å². The van der Waals surface area contributed by atoms with E-state index in [1.165, 1.54) is 18.2 Å². The van der Waals surface area contributed by atoms with Crippen LogP contribution in [-0.4, -0.2) is 29.4 Å². The van der Waals surface area contributed by atoms with Crippen molar-refractivity contribution in [2.75, 3.05) is 16.8 Å². The summed E-state index contributed by atoms with van der Waals surface area (Å²) in [6.45, 7) is 3.27. The molecule has 0 unspecified atom stereocenters. The molecule has 8 heteroatoms. The Hall–Kier alpha value is -4.20. The lowest BCUT2D eigenvalue weighted by Gasteiger charge is -2.27. The molecule has 0 fully saturated rings. The molecule has 3 aromatic rings. The van der Waals surface area contributed by atoms with E-state index in [9.17, 15) is 19.7 Å². The van der Waals surface area contributed by atoms with E-state index in [0.29, 0.717) is 5.69 Å². The Kier molecular flexibility index (Phi) is 7.75. The van der Waals surface area contributed by atoms with Gasteiger partial charge in [0.25, 0.3) is 11.6 Å². The van der Waals surface area contributed by atoms with Crippen molar-refractivity contribution >= 4 is 34.6 Å². The summed E-state index contributed by atoms with van der Waals surface area (Å²) < 4.78 is 5.13. The maximum absolute atomic E-state index is 12.8. The number of benzene rings is 3. The van der Waals surface area contributed by atoms with Gasteiger partial charge in [-0.3, -0.25) is 19.7 Å². The lowest BCUT2D eigenvalue weighted by Crippen LogP contribution is -2.40. The molecule has 170 valence electrons. The van der Waals surface area contributed by atoms with Gasteiger partial charge in [-0.1, -0.05) is 36.4 Å². The second kappa shape index (κ2) is 10.9. The Labute approximate surface area is 191 Å². The van der Waals surface area contributed by atoms with Crippen LogP contribution in [0, 0.1) is 10.1 Å². The van der Waals surface area contributed by atoms with Crippen molar-refractivity contribution in [1.29, 1.82) is 0 Å². The fraction of sp³-hybridized carbons (Fsp3) is 0.200. The van der Waals surface area contributed by atoms with Gasteiger partial charge in [0.2, 0.25) is 0 Å². The molecule has 1 N–H and O–H groups in total. The fourth-order valence-electron chi connectivity index (χ4n) is 3.38. The smallest absolute Gasteiger partial charge is 0.311 e. The van der Waals surface area contributed by atoms with E-state index in [0.717, 1.165) is 11.4 Å². The maximum Gasteiger partial charge on any atom is 0.311 e. The highest BCUT2D eigenvalue weighted by Gasteiger charge is 2.22. The topological polar surface area (TPSA) is 102 Å². The molecule has 0 bridgehead atoms. The molecule has 0 radical (unpaired) electrons. The third kappa shape index (κ3) is 6.39. The number of esters is 1. The lowest BCUT2D eigenvalue weighted by molar-refractivity contribution is -0.385. The molecule has 3 rings (SSSR count). The molecule has 3 aromatic carbocycles. The van der Waals surface area contributed by atoms with Crippen LogP contribution in [0.2, 0.25) is 0 Å². The number of nitrogens with zero attached hydrogens (tertiary/aromatic N) is 2. The quantitative estimate of drug-likeness (QED) is 0.285. The molecular weight excluding hydrogens is 422 g/mol. The number of anilines is 3. The van der Waals surface area contributed by atoms with Gasteiger partial charge in [-0.05, 0) is 50.2 Å². The molecule has 0 spiro atoms. The molecule has 0 atom stereocenters. The van der Waals surface area contributed by atoms with Crippen LogP contribution in [0.3, 0.4) is 0 Å². The largest absolute Gasteiger partial charge is 0.455 e. The zero-order chi connectivity index (χ0) is 23.8. The first-order chi connectivity index (χ1) is 15.8. The summed E-state index contributed by atoms with van der Waals surface area (Å²) >= 11 is 0. The number of hydrogen-bond acceptors (Lipinski definition) is 6. The first kappa shape index (κ1) is 23.5. The predicted molar refractivity (Wildman–Crippen MR) is 127 cm³/mol. The minimum atomic E-state index is -0.705. The summed E-state index contributed by atoms with van der Waals surface area (Å²) in [4.78, 5) is 37.1. The van der Waals surface area contributed by atoms with Crippen LogP contribution in [0.15, 0.2) is 78.9 Å². The maximum atomic E-state index is 12.8. The van der Waals surface area contributed by atoms with Crippen LogP contribution in [0.25, 0.3) is 0 Å². The van der Waals surface area contributed by atoms with Gasteiger partial charge in [0, 0.05) is 34.7 Å². The number of para-hydroxylation sites is 2. The van der Waals surface area contributed by atoms with Crippen LogP contribution >= 0.6 is 0 Å². The van der Waals surface area contributed by atoms with E-state index >= 15 is 0 Å². The summed E-state index contributed by atoms with van der Waals surface area (Å²) in [5.41, 5.74) is 2.57. The average molecular weight is 447 g/mol. The van der Waals surface area contributed by atoms with E-state index < -0.39 is 17.5 Å². The molecule has 33 heavy (non-hydrogen) atoms. The second-order valence-corrected chi connectivity index (χ2v) is 7.62. The number of nitro benzene ring substituents is 1. The molecule has 8 nitrogen and oxygen atoms in total. The lowest BCUT2D eigenvalue weighted by atomic mass is 10.1. The molecule has 1 amide bonds. The summed E-state index contributed by atoms with van der Waals surface area (Å²) in [5.74, 6) is -1.09. The van der Waals surface area contributed by atoms with Crippen molar-refractivity contribution < 1.29 is 19.2 Å². The average Bonchev–Trinajstić information content (AvgIpc) is 2.80. The third-order valence-corrected chi connectivity index (χ3v) is 4.87. The van der Waals surface area contributed by atoms with E-state index in [-0.39, 0.29) is 29.6 Å². The number of amides is 1. The zero-order valence-electron chi connectivity index (χ0n) is 18.4. The first-order valence-electron chi connectivity index (χ1n) is 10.5. The van der Waals surface area contributed by atoms with Gasteiger partial charge in [-0.2, -0.15) is 0 Å². The number of hydrogen-bond donors (Lipinski definition) is 1. The Morgan fingerprint density at radius 2 is 1.55 bits per heavy atom. The molecule has 0 saturated heterocycles. The normalized spacial score (nSPS) is 10.5. The van der Waals surface area contributed by atoms with Gasteiger partial charge in [0.1, 0.15) is 0 Å². The van der Waals surface area contributed by atoms with Gasteiger partial charge in [-0.15, -0.1) is 0 Å². The molecule has 0 saturated carbocycles.